The summed E-state index contributed by atoms with van der Waals surface area (Å²) in [6.07, 6.45) is 3.64. The summed E-state index contributed by atoms with van der Waals surface area (Å²) in [5.41, 5.74) is 6.19. The van der Waals surface area contributed by atoms with Gasteiger partial charge in [-0.25, -0.2) is 8.78 Å². The van der Waals surface area contributed by atoms with Gasteiger partial charge in [0.1, 0.15) is 0 Å². The van der Waals surface area contributed by atoms with Gasteiger partial charge in [-0.2, -0.15) is 0 Å². The lowest BCUT2D eigenvalue weighted by Crippen LogP contribution is -2.33. The fourth-order valence-electron chi connectivity index (χ4n) is 2.14. The van der Waals surface area contributed by atoms with E-state index < -0.39 is 17.2 Å². The molecule has 0 radical (unpaired) electrons. The first-order chi connectivity index (χ1) is 7.03. The average molecular weight is 232 g/mol. The van der Waals surface area contributed by atoms with E-state index in [2.05, 4.69) is 0 Å². The molecule has 2 N–H and O–H groups in total. The first-order valence-electron chi connectivity index (χ1n) is 4.97. The van der Waals surface area contributed by atoms with Gasteiger partial charge in [0, 0.05) is 5.54 Å². The van der Waals surface area contributed by atoms with Crippen LogP contribution in [0, 0.1) is 11.6 Å². The number of nitrogens with two attached hydrogens (primary N) is 1. The summed E-state index contributed by atoms with van der Waals surface area (Å²) < 4.78 is 26.1. The second kappa shape index (κ2) is 3.72. The van der Waals surface area contributed by atoms with E-state index in [-0.39, 0.29) is 5.02 Å². The van der Waals surface area contributed by atoms with Crippen LogP contribution in [-0.4, -0.2) is 0 Å². The van der Waals surface area contributed by atoms with Crippen LogP contribution >= 0.6 is 11.6 Å². The normalized spacial score (nSPS) is 19.5. The maximum atomic E-state index is 13.1. The molecule has 2 rings (SSSR count). The minimum Gasteiger partial charge on any atom is -0.321 e. The van der Waals surface area contributed by atoms with E-state index in [0.29, 0.717) is 5.56 Å². The maximum Gasteiger partial charge on any atom is 0.177 e. The van der Waals surface area contributed by atoms with Crippen molar-refractivity contribution < 1.29 is 8.78 Å². The minimum atomic E-state index is -0.998. The lowest BCUT2D eigenvalue weighted by molar-refractivity contribution is 0.449. The second-order valence-electron chi connectivity index (χ2n) is 4.12. The van der Waals surface area contributed by atoms with Crippen LogP contribution in [0.2, 0.25) is 5.02 Å². The van der Waals surface area contributed by atoms with Crippen LogP contribution in [0.15, 0.2) is 12.1 Å². The molecule has 0 aromatic heterocycles. The monoisotopic (exact) mass is 231 g/mol. The lowest BCUT2D eigenvalue weighted by Gasteiger charge is -2.24. The van der Waals surface area contributed by atoms with Crippen LogP contribution in [0.5, 0.6) is 0 Å². The summed E-state index contributed by atoms with van der Waals surface area (Å²) in [5.74, 6) is -1.92. The van der Waals surface area contributed by atoms with Crippen LogP contribution in [0.3, 0.4) is 0 Å². The van der Waals surface area contributed by atoms with Crippen molar-refractivity contribution in [2.45, 2.75) is 31.2 Å². The summed E-state index contributed by atoms with van der Waals surface area (Å²) in [7, 11) is 0. The molecule has 1 nitrogen and oxygen atoms in total. The van der Waals surface area contributed by atoms with Crippen LogP contribution in [0.4, 0.5) is 8.78 Å². The molecule has 1 fully saturated rings. The van der Waals surface area contributed by atoms with E-state index >= 15 is 0 Å². The van der Waals surface area contributed by atoms with E-state index in [0.717, 1.165) is 31.7 Å². The minimum absolute atomic E-state index is 0.193. The van der Waals surface area contributed by atoms with E-state index in [1.54, 1.807) is 0 Å². The Bertz CT molecular complexity index is 363. The quantitative estimate of drug-likeness (QED) is 0.737. The van der Waals surface area contributed by atoms with Crippen molar-refractivity contribution in [3.8, 4) is 0 Å². The van der Waals surface area contributed by atoms with Crippen LogP contribution < -0.4 is 5.73 Å². The molecule has 82 valence electrons. The van der Waals surface area contributed by atoms with Crippen molar-refractivity contribution in [1.29, 1.82) is 0 Å². The molecule has 0 unspecified atom stereocenters. The van der Waals surface area contributed by atoms with Crippen molar-refractivity contribution >= 4 is 11.6 Å². The Balaban J connectivity index is 2.45. The molecule has 1 aliphatic carbocycles. The molecular formula is C11H12ClF2N. The smallest absolute Gasteiger partial charge is 0.177 e. The van der Waals surface area contributed by atoms with Crippen LogP contribution in [0.25, 0.3) is 0 Å². The van der Waals surface area contributed by atoms with E-state index in [9.17, 15) is 8.78 Å². The fraction of sp³-hybridized carbons (Fsp3) is 0.455. The number of hydrogen-bond donors (Lipinski definition) is 1. The molecule has 0 bridgehead atoms. The van der Waals surface area contributed by atoms with E-state index in [1.807, 2.05) is 0 Å². The van der Waals surface area contributed by atoms with Gasteiger partial charge in [-0.1, -0.05) is 24.4 Å². The Kier molecular flexibility index (Phi) is 2.69. The molecular weight excluding hydrogens is 220 g/mol. The van der Waals surface area contributed by atoms with Gasteiger partial charge in [0.2, 0.25) is 0 Å². The van der Waals surface area contributed by atoms with Gasteiger partial charge < -0.3 is 5.73 Å². The third kappa shape index (κ3) is 1.86. The summed E-state index contributed by atoms with van der Waals surface area (Å²) in [5, 5.41) is -0.193. The van der Waals surface area contributed by atoms with Gasteiger partial charge in [0.25, 0.3) is 0 Å². The highest BCUT2D eigenvalue weighted by Gasteiger charge is 2.32. The zero-order valence-corrected chi connectivity index (χ0v) is 8.95. The molecule has 1 aromatic carbocycles. The number of halogens is 3. The Morgan fingerprint density at radius 1 is 1.20 bits per heavy atom. The molecule has 4 heteroatoms. The molecule has 0 spiro atoms. The first kappa shape index (κ1) is 10.8. The Hall–Kier alpha value is -0.670. The number of hydrogen-bond acceptors (Lipinski definition) is 1. The van der Waals surface area contributed by atoms with Gasteiger partial charge in [-0.3, -0.25) is 0 Å². The largest absolute Gasteiger partial charge is 0.321 e. The van der Waals surface area contributed by atoms with Crippen LogP contribution in [-0.2, 0) is 5.54 Å². The Labute approximate surface area is 92.2 Å². The van der Waals surface area contributed by atoms with Crippen LogP contribution in [0.1, 0.15) is 31.2 Å². The standard InChI is InChI=1S/C11H12ClF2N/c12-8-5-7(6-9(13)10(8)14)11(15)3-1-2-4-11/h5-6H,1-4,15H2. The van der Waals surface area contributed by atoms with Gasteiger partial charge in [0.05, 0.1) is 5.02 Å². The topological polar surface area (TPSA) is 26.0 Å². The fourth-order valence-corrected chi connectivity index (χ4v) is 2.35. The molecule has 15 heavy (non-hydrogen) atoms. The van der Waals surface area contributed by atoms with Crippen molar-refractivity contribution in [2.75, 3.05) is 0 Å². The summed E-state index contributed by atoms with van der Waals surface area (Å²) in [4.78, 5) is 0. The molecule has 0 saturated heterocycles. The van der Waals surface area contributed by atoms with E-state index in [4.69, 9.17) is 17.3 Å². The van der Waals surface area contributed by atoms with Gasteiger partial charge in [0.15, 0.2) is 11.6 Å². The highest BCUT2D eigenvalue weighted by molar-refractivity contribution is 6.30. The zero-order chi connectivity index (χ0) is 11.1. The maximum absolute atomic E-state index is 13.1. The molecule has 1 aliphatic rings. The predicted molar refractivity (Wildman–Crippen MR) is 55.7 cm³/mol. The van der Waals surface area contributed by atoms with Gasteiger partial charge >= 0.3 is 0 Å². The number of benzene rings is 1. The van der Waals surface area contributed by atoms with Crippen molar-refractivity contribution in [3.05, 3.63) is 34.4 Å². The van der Waals surface area contributed by atoms with Crippen molar-refractivity contribution in [2.24, 2.45) is 5.73 Å². The van der Waals surface area contributed by atoms with E-state index in [1.165, 1.54) is 6.07 Å². The summed E-state index contributed by atoms with van der Waals surface area (Å²) >= 11 is 5.59. The summed E-state index contributed by atoms with van der Waals surface area (Å²) in [6.45, 7) is 0. The molecule has 0 aliphatic heterocycles. The molecule has 0 heterocycles. The number of rotatable bonds is 1. The van der Waals surface area contributed by atoms with Crippen molar-refractivity contribution in [1.82, 2.24) is 0 Å². The van der Waals surface area contributed by atoms with Gasteiger partial charge in [-0.15, -0.1) is 0 Å². The molecule has 1 saturated carbocycles. The molecule has 0 amide bonds. The SMILES string of the molecule is NC1(c2cc(F)c(F)c(Cl)c2)CCCC1. The average Bonchev–Trinajstić information content (AvgIpc) is 2.62. The molecule has 1 aromatic rings. The van der Waals surface area contributed by atoms with Gasteiger partial charge in [-0.05, 0) is 30.5 Å². The highest BCUT2D eigenvalue weighted by Crippen LogP contribution is 2.37. The predicted octanol–water partition coefficient (Wildman–Crippen LogP) is 3.35. The summed E-state index contributed by atoms with van der Waals surface area (Å²) in [6, 6.07) is 2.60. The Morgan fingerprint density at radius 2 is 1.80 bits per heavy atom. The highest BCUT2D eigenvalue weighted by atomic mass is 35.5. The third-order valence-corrected chi connectivity index (χ3v) is 3.33. The second-order valence-corrected chi connectivity index (χ2v) is 4.52. The first-order valence-corrected chi connectivity index (χ1v) is 5.35. The Morgan fingerprint density at radius 3 is 2.33 bits per heavy atom. The van der Waals surface area contributed by atoms with Crippen molar-refractivity contribution in [3.63, 3.8) is 0 Å². The molecule has 0 atom stereocenters. The lowest BCUT2D eigenvalue weighted by atomic mass is 9.89. The third-order valence-electron chi connectivity index (χ3n) is 3.05. The zero-order valence-electron chi connectivity index (χ0n) is 8.19.